The summed E-state index contributed by atoms with van der Waals surface area (Å²) in [5, 5.41) is 2.56. The highest BCUT2D eigenvalue weighted by molar-refractivity contribution is 6.07. The number of ether oxygens (including phenoxy) is 2. The first kappa shape index (κ1) is 15.6. The molecule has 1 aliphatic rings. The average molecular weight is 325 g/mol. The van der Waals surface area contributed by atoms with E-state index in [1.807, 2.05) is 12.4 Å². The van der Waals surface area contributed by atoms with Gasteiger partial charge in [-0.1, -0.05) is 12.1 Å². The van der Waals surface area contributed by atoms with Crippen molar-refractivity contribution in [2.24, 2.45) is 0 Å². The Kier molecular flexibility index (Phi) is 4.47. The minimum Gasteiger partial charge on any atom is -0.380 e. The predicted octanol–water partition coefficient (Wildman–Crippen LogP) is 2.67. The van der Waals surface area contributed by atoms with Gasteiger partial charge in [-0.2, -0.15) is 0 Å². The second-order valence-electron chi connectivity index (χ2n) is 6.28. The number of aromatic nitrogens is 2. The van der Waals surface area contributed by atoms with Crippen molar-refractivity contribution in [2.45, 2.75) is 13.2 Å². The number of pyridine rings is 1. The predicted molar refractivity (Wildman–Crippen MR) is 95.2 cm³/mol. The molecule has 5 heteroatoms. The van der Waals surface area contributed by atoms with Gasteiger partial charge in [0.2, 0.25) is 0 Å². The van der Waals surface area contributed by atoms with Gasteiger partial charge in [0.15, 0.2) is 0 Å². The monoisotopic (exact) mass is 325 g/mol. The molecule has 0 bridgehead atoms. The van der Waals surface area contributed by atoms with Crippen molar-refractivity contribution in [3.63, 3.8) is 0 Å². The summed E-state index contributed by atoms with van der Waals surface area (Å²) in [5.74, 6) is 0. The first-order valence-electron chi connectivity index (χ1n) is 8.51. The zero-order valence-electron chi connectivity index (χ0n) is 14.1. The molecular weight excluding hydrogens is 302 g/mol. The molecule has 0 N–H and O–H groups in total. The van der Waals surface area contributed by atoms with Gasteiger partial charge in [-0.25, -0.2) is 0 Å². The summed E-state index contributed by atoms with van der Waals surface area (Å²) >= 11 is 0. The Labute approximate surface area is 141 Å². The molecule has 0 unspecified atom stereocenters. The minimum atomic E-state index is 0.638. The maximum Gasteiger partial charge on any atom is 0.0713 e. The van der Waals surface area contributed by atoms with Crippen molar-refractivity contribution in [1.82, 2.24) is 14.5 Å². The minimum absolute atomic E-state index is 0.638. The van der Waals surface area contributed by atoms with E-state index in [0.717, 1.165) is 39.4 Å². The van der Waals surface area contributed by atoms with Gasteiger partial charge in [0.25, 0.3) is 0 Å². The highest BCUT2D eigenvalue weighted by Gasteiger charge is 2.14. The Bertz CT molecular complexity index is 837. The first-order valence-corrected chi connectivity index (χ1v) is 8.51. The Morgan fingerprint density at radius 3 is 2.75 bits per heavy atom. The maximum absolute atomic E-state index is 5.45. The molecule has 0 aliphatic carbocycles. The van der Waals surface area contributed by atoms with Gasteiger partial charge in [-0.3, -0.25) is 9.88 Å². The van der Waals surface area contributed by atoms with Crippen LogP contribution >= 0.6 is 0 Å². The van der Waals surface area contributed by atoms with Gasteiger partial charge >= 0.3 is 0 Å². The summed E-state index contributed by atoms with van der Waals surface area (Å²) in [4.78, 5) is 6.81. The van der Waals surface area contributed by atoms with Crippen molar-refractivity contribution in [3.8, 4) is 0 Å². The van der Waals surface area contributed by atoms with Crippen molar-refractivity contribution in [1.29, 1.82) is 0 Å². The van der Waals surface area contributed by atoms with Crippen LogP contribution in [0, 0.1) is 0 Å². The molecule has 126 valence electrons. The molecule has 3 heterocycles. The van der Waals surface area contributed by atoms with Crippen LogP contribution in [0.2, 0.25) is 0 Å². The molecule has 3 aromatic rings. The van der Waals surface area contributed by atoms with Crippen LogP contribution in [0.15, 0.2) is 36.7 Å². The second kappa shape index (κ2) is 6.89. The van der Waals surface area contributed by atoms with Gasteiger partial charge < -0.3 is 14.0 Å². The van der Waals surface area contributed by atoms with Gasteiger partial charge in [0.05, 0.1) is 31.5 Å². The Morgan fingerprint density at radius 1 is 1.08 bits per heavy atom. The molecule has 4 rings (SSSR count). The summed E-state index contributed by atoms with van der Waals surface area (Å²) in [7, 11) is 1.74. The van der Waals surface area contributed by atoms with Crippen molar-refractivity contribution < 1.29 is 9.47 Å². The third-order valence-electron chi connectivity index (χ3n) is 4.79. The third kappa shape index (κ3) is 2.90. The Morgan fingerprint density at radius 2 is 1.92 bits per heavy atom. The number of hydrogen-bond donors (Lipinski definition) is 0. The molecule has 0 atom stereocenters. The lowest BCUT2D eigenvalue weighted by molar-refractivity contribution is 0.0366. The van der Waals surface area contributed by atoms with Crippen LogP contribution in [-0.2, 0) is 22.6 Å². The molecule has 1 aliphatic heterocycles. The quantitative estimate of drug-likeness (QED) is 0.723. The van der Waals surface area contributed by atoms with Crippen LogP contribution in [-0.4, -0.2) is 54.4 Å². The van der Waals surface area contributed by atoms with Crippen LogP contribution in [0.4, 0.5) is 0 Å². The topological polar surface area (TPSA) is 39.5 Å². The third-order valence-corrected chi connectivity index (χ3v) is 4.79. The lowest BCUT2D eigenvalue weighted by Crippen LogP contribution is -2.38. The van der Waals surface area contributed by atoms with Crippen LogP contribution in [0.25, 0.3) is 21.8 Å². The number of morpholine rings is 1. The van der Waals surface area contributed by atoms with Crippen LogP contribution < -0.4 is 0 Å². The fourth-order valence-electron chi connectivity index (χ4n) is 3.55. The van der Waals surface area contributed by atoms with Gasteiger partial charge in [-0.05, 0) is 17.7 Å². The maximum atomic E-state index is 5.45. The molecule has 0 radical (unpaired) electrons. The summed E-state index contributed by atoms with van der Waals surface area (Å²) in [6, 6.07) is 8.71. The largest absolute Gasteiger partial charge is 0.380 e. The summed E-state index contributed by atoms with van der Waals surface area (Å²) in [6.07, 6.45) is 3.85. The molecule has 0 amide bonds. The SMILES string of the molecule is COCc1ccc2c3ccncc3n(CCN3CCOCC3)c2c1. The van der Waals surface area contributed by atoms with E-state index in [1.165, 1.54) is 27.4 Å². The molecule has 5 nitrogen and oxygen atoms in total. The number of nitrogens with zero attached hydrogens (tertiary/aromatic N) is 3. The zero-order chi connectivity index (χ0) is 16.4. The molecule has 1 aromatic carbocycles. The lowest BCUT2D eigenvalue weighted by atomic mass is 10.1. The number of fused-ring (bicyclic) bond motifs is 3. The van der Waals surface area contributed by atoms with Gasteiger partial charge in [0.1, 0.15) is 0 Å². The van der Waals surface area contributed by atoms with Crippen molar-refractivity contribution in [3.05, 3.63) is 42.2 Å². The standard InChI is InChI=1S/C19H23N3O2/c1-23-14-15-2-3-16-17-4-5-20-13-19(17)22(18(16)12-15)7-6-21-8-10-24-11-9-21/h2-5,12-13H,6-11,14H2,1H3. The van der Waals surface area contributed by atoms with E-state index in [9.17, 15) is 0 Å². The average Bonchev–Trinajstić information content (AvgIpc) is 2.94. The molecule has 24 heavy (non-hydrogen) atoms. The van der Waals surface area contributed by atoms with E-state index in [4.69, 9.17) is 9.47 Å². The fraction of sp³-hybridized carbons (Fsp3) is 0.421. The smallest absolute Gasteiger partial charge is 0.0713 e. The normalized spacial score (nSPS) is 16.2. The van der Waals surface area contributed by atoms with Gasteiger partial charge in [0, 0.05) is 55.8 Å². The number of rotatable bonds is 5. The van der Waals surface area contributed by atoms with Crippen molar-refractivity contribution >= 4 is 21.8 Å². The van der Waals surface area contributed by atoms with Crippen LogP contribution in [0.3, 0.4) is 0 Å². The molecule has 2 aromatic heterocycles. The molecule has 1 saturated heterocycles. The number of hydrogen-bond acceptors (Lipinski definition) is 4. The van der Waals surface area contributed by atoms with E-state index < -0.39 is 0 Å². The van der Waals surface area contributed by atoms with Gasteiger partial charge in [-0.15, -0.1) is 0 Å². The first-order chi connectivity index (χ1) is 11.9. The lowest BCUT2D eigenvalue weighted by Gasteiger charge is -2.26. The molecule has 1 fully saturated rings. The summed E-state index contributed by atoms with van der Waals surface area (Å²) in [5.41, 5.74) is 3.67. The van der Waals surface area contributed by atoms with Crippen molar-refractivity contribution in [2.75, 3.05) is 40.0 Å². The summed E-state index contributed by atoms with van der Waals surface area (Å²) < 4.78 is 13.1. The zero-order valence-corrected chi connectivity index (χ0v) is 14.1. The number of methoxy groups -OCH3 is 1. The molecular formula is C19H23N3O2. The molecule has 0 saturated carbocycles. The highest BCUT2D eigenvalue weighted by Crippen LogP contribution is 2.29. The van der Waals surface area contributed by atoms with Crippen LogP contribution in [0.5, 0.6) is 0 Å². The molecule has 0 spiro atoms. The summed E-state index contributed by atoms with van der Waals surface area (Å²) in [6.45, 7) is 6.35. The highest BCUT2D eigenvalue weighted by atomic mass is 16.5. The Hall–Kier alpha value is -1.95. The van der Waals surface area contributed by atoms with E-state index in [2.05, 4.69) is 38.7 Å². The number of benzene rings is 1. The van der Waals surface area contributed by atoms with E-state index in [1.54, 1.807) is 7.11 Å². The second-order valence-corrected chi connectivity index (χ2v) is 6.28. The van der Waals surface area contributed by atoms with E-state index >= 15 is 0 Å². The van der Waals surface area contributed by atoms with E-state index in [0.29, 0.717) is 6.61 Å². The van der Waals surface area contributed by atoms with Crippen LogP contribution in [0.1, 0.15) is 5.56 Å². The Balaban J connectivity index is 1.73. The van der Waals surface area contributed by atoms with E-state index in [-0.39, 0.29) is 0 Å². The fourth-order valence-corrected chi connectivity index (χ4v) is 3.55.